The first-order valence-corrected chi connectivity index (χ1v) is 8.25. The Morgan fingerprint density at radius 1 is 1.26 bits per heavy atom. The van der Waals surface area contributed by atoms with Crippen molar-refractivity contribution < 1.29 is 0 Å². The van der Waals surface area contributed by atoms with Gasteiger partial charge in [-0.05, 0) is 31.8 Å². The van der Waals surface area contributed by atoms with Gasteiger partial charge in [-0.1, -0.05) is 18.0 Å². The smallest absolute Gasteiger partial charge is 0.135 e. The average molecular weight is 331 g/mol. The lowest BCUT2D eigenvalue weighted by atomic mass is 9.88. The highest BCUT2D eigenvalue weighted by atomic mass is 35.5. The molecule has 3 heterocycles. The Kier molecular flexibility index (Phi) is 3.41. The second-order valence-corrected chi connectivity index (χ2v) is 6.57. The fourth-order valence-corrected chi connectivity index (χ4v) is 3.78. The summed E-state index contributed by atoms with van der Waals surface area (Å²) in [6.07, 6.45) is 13.5. The number of hydrogen-bond donors (Lipinski definition) is 3. The molecule has 0 aromatic carbocycles. The van der Waals surface area contributed by atoms with E-state index in [1.165, 1.54) is 25.6 Å². The Labute approximate surface area is 140 Å². The largest absolute Gasteiger partial charge is 0.384 e. The van der Waals surface area contributed by atoms with Crippen LogP contribution in [0.1, 0.15) is 32.1 Å². The Bertz CT molecular complexity index is 717. The van der Waals surface area contributed by atoms with E-state index in [-0.39, 0.29) is 5.66 Å². The molecule has 7 heteroatoms. The molecule has 23 heavy (non-hydrogen) atoms. The first kappa shape index (κ1) is 14.4. The van der Waals surface area contributed by atoms with E-state index >= 15 is 0 Å². The van der Waals surface area contributed by atoms with E-state index in [0.717, 1.165) is 24.2 Å². The van der Waals surface area contributed by atoms with Gasteiger partial charge in [-0.25, -0.2) is 9.97 Å². The van der Waals surface area contributed by atoms with Crippen molar-refractivity contribution in [3.63, 3.8) is 0 Å². The van der Waals surface area contributed by atoms with Gasteiger partial charge in [0.05, 0.1) is 16.4 Å². The maximum absolute atomic E-state index is 6.49. The maximum Gasteiger partial charge on any atom is 0.135 e. The number of aromatic nitrogens is 2. The van der Waals surface area contributed by atoms with E-state index in [2.05, 4.69) is 31.7 Å². The van der Waals surface area contributed by atoms with Crippen molar-refractivity contribution in [1.29, 1.82) is 0 Å². The van der Waals surface area contributed by atoms with E-state index in [9.17, 15) is 0 Å². The first-order valence-electron chi connectivity index (χ1n) is 7.87. The zero-order valence-corrected chi connectivity index (χ0v) is 13.5. The third kappa shape index (κ3) is 2.53. The van der Waals surface area contributed by atoms with Crippen molar-refractivity contribution in [2.45, 2.75) is 37.8 Å². The summed E-state index contributed by atoms with van der Waals surface area (Å²) in [6.45, 7) is 0. The molecule has 0 bridgehead atoms. The number of nitrogen functional groups attached to an aromatic ring is 1. The number of nitrogens with zero attached hydrogens (tertiary/aromatic N) is 3. The van der Waals surface area contributed by atoms with E-state index in [1.54, 1.807) is 6.07 Å². The van der Waals surface area contributed by atoms with Crippen LogP contribution in [0.5, 0.6) is 0 Å². The monoisotopic (exact) mass is 330 g/mol. The molecule has 120 valence electrons. The van der Waals surface area contributed by atoms with Crippen LogP contribution in [-0.4, -0.2) is 20.5 Å². The molecular weight excluding hydrogens is 312 g/mol. The topological polar surface area (TPSA) is 79.1 Å². The molecular formula is C16H19ClN6. The first-order chi connectivity index (χ1) is 11.2. The third-order valence-corrected chi connectivity index (χ3v) is 4.94. The number of nitrogens with one attached hydrogen (secondary N) is 2. The van der Waals surface area contributed by atoms with Gasteiger partial charge in [0.1, 0.15) is 23.6 Å². The van der Waals surface area contributed by atoms with Gasteiger partial charge in [0.2, 0.25) is 0 Å². The Morgan fingerprint density at radius 2 is 2.09 bits per heavy atom. The van der Waals surface area contributed by atoms with E-state index in [1.807, 2.05) is 12.3 Å². The zero-order valence-electron chi connectivity index (χ0n) is 12.7. The lowest BCUT2D eigenvalue weighted by molar-refractivity contribution is 0.126. The minimum Gasteiger partial charge on any atom is -0.384 e. The molecule has 3 aliphatic rings. The van der Waals surface area contributed by atoms with E-state index in [4.69, 9.17) is 17.3 Å². The zero-order chi connectivity index (χ0) is 15.9. The van der Waals surface area contributed by atoms with Crippen LogP contribution in [0, 0.1) is 0 Å². The molecule has 1 aliphatic carbocycles. The lowest BCUT2D eigenvalue weighted by Gasteiger charge is -2.43. The van der Waals surface area contributed by atoms with Crippen molar-refractivity contribution in [3.8, 4) is 0 Å². The van der Waals surface area contributed by atoms with E-state index < -0.39 is 0 Å². The average Bonchev–Trinajstić information content (AvgIpc) is 2.87. The molecule has 1 aromatic rings. The van der Waals surface area contributed by atoms with Gasteiger partial charge in [-0.15, -0.1) is 0 Å². The lowest BCUT2D eigenvalue weighted by Crippen LogP contribution is -2.51. The Balaban J connectivity index is 1.63. The predicted octanol–water partition coefficient (Wildman–Crippen LogP) is 2.86. The van der Waals surface area contributed by atoms with Gasteiger partial charge in [-0.3, -0.25) is 0 Å². The molecule has 1 spiro atoms. The van der Waals surface area contributed by atoms with Crippen molar-refractivity contribution >= 4 is 23.2 Å². The Hall–Kier alpha value is -2.21. The molecule has 0 radical (unpaired) electrons. The fourth-order valence-electron chi connectivity index (χ4n) is 3.52. The molecule has 2 aliphatic heterocycles. The normalized spacial score (nSPS) is 22.0. The molecule has 4 N–H and O–H groups in total. The van der Waals surface area contributed by atoms with Gasteiger partial charge in [-0.2, -0.15) is 0 Å². The van der Waals surface area contributed by atoms with Crippen LogP contribution >= 0.6 is 11.6 Å². The van der Waals surface area contributed by atoms with Crippen molar-refractivity contribution in [3.05, 3.63) is 47.3 Å². The summed E-state index contributed by atoms with van der Waals surface area (Å²) in [4.78, 5) is 10.4. The maximum atomic E-state index is 6.49. The van der Waals surface area contributed by atoms with Gasteiger partial charge in [0.15, 0.2) is 0 Å². The number of allylic oxidation sites excluding steroid dienone is 2. The minimum absolute atomic E-state index is 0.0421. The van der Waals surface area contributed by atoms with Gasteiger partial charge >= 0.3 is 0 Å². The molecule has 0 amide bonds. The summed E-state index contributed by atoms with van der Waals surface area (Å²) in [7, 11) is 0. The molecule has 0 saturated heterocycles. The second kappa shape index (κ2) is 5.45. The second-order valence-electron chi connectivity index (χ2n) is 6.17. The van der Waals surface area contributed by atoms with Gasteiger partial charge in [0, 0.05) is 18.5 Å². The third-order valence-electron chi connectivity index (χ3n) is 4.63. The summed E-state index contributed by atoms with van der Waals surface area (Å²) in [5, 5.41) is 7.53. The molecule has 1 fully saturated rings. The van der Waals surface area contributed by atoms with Crippen molar-refractivity contribution in [2.24, 2.45) is 0 Å². The van der Waals surface area contributed by atoms with Crippen LogP contribution in [0.4, 0.5) is 11.6 Å². The summed E-state index contributed by atoms with van der Waals surface area (Å²) >= 11 is 6.49. The molecule has 0 unspecified atom stereocenters. The van der Waals surface area contributed by atoms with Crippen LogP contribution in [0.2, 0.25) is 0 Å². The number of rotatable bonds is 2. The summed E-state index contributed by atoms with van der Waals surface area (Å²) < 4.78 is 0. The summed E-state index contributed by atoms with van der Waals surface area (Å²) in [6, 6.07) is 1.70. The van der Waals surface area contributed by atoms with Crippen LogP contribution in [0.3, 0.4) is 0 Å². The van der Waals surface area contributed by atoms with Crippen LogP contribution in [0.15, 0.2) is 47.3 Å². The molecule has 1 saturated carbocycles. The van der Waals surface area contributed by atoms with Crippen molar-refractivity contribution in [2.75, 3.05) is 11.1 Å². The van der Waals surface area contributed by atoms with Crippen LogP contribution in [-0.2, 0) is 0 Å². The number of anilines is 2. The highest BCUT2D eigenvalue weighted by Crippen LogP contribution is 2.42. The number of hydrogen-bond acceptors (Lipinski definition) is 6. The highest BCUT2D eigenvalue weighted by molar-refractivity contribution is 6.32. The van der Waals surface area contributed by atoms with E-state index in [0.29, 0.717) is 16.7 Å². The van der Waals surface area contributed by atoms with Crippen LogP contribution < -0.4 is 16.4 Å². The van der Waals surface area contributed by atoms with Gasteiger partial charge < -0.3 is 21.3 Å². The van der Waals surface area contributed by atoms with Gasteiger partial charge in [0.25, 0.3) is 0 Å². The molecule has 0 atom stereocenters. The predicted molar refractivity (Wildman–Crippen MR) is 91.0 cm³/mol. The minimum atomic E-state index is -0.0421. The number of fused-ring (bicyclic) bond motifs is 2. The number of halogens is 1. The molecule has 4 rings (SSSR count). The molecule has 1 aromatic heterocycles. The SMILES string of the molecule is Nc1cc(NC2=CN3C(=CNC34CCCCC4)C(Cl)=C2)ncn1. The van der Waals surface area contributed by atoms with Crippen LogP contribution in [0.25, 0.3) is 0 Å². The summed E-state index contributed by atoms with van der Waals surface area (Å²) in [5.74, 6) is 1.09. The Morgan fingerprint density at radius 3 is 2.87 bits per heavy atom. The quantitative estimate of drug-likeness (QED) is 0.774. The molecule has 6 nitrogen and oxygen atoms in total. The standard InChI is InChI=1S/C16H19ClN6/c17-12-6-11(22-15-7-14(18)19-10-20-15)9-23-13(12)8-21-16(23)4-2-1-3-5-16/h6-10,21H,1-5H2,(H3,18,19,20,22). The number of nitrogens with two attached hydrogens (primary N) is 1. The highest BCUT2D eigenvalue weighted by Gasteiger charge is 2.43. The van der Waals surface area contributed by atoms with Crippen molar-refractivity contribution in [1.82, 2.24) is 20.2 Å². The summed E-state index contributed by atoms with van der Waals surface area (Å²) in [5.41, 5.74) is 7.58. The fraction of sp³-hybridized carbons (Fsp3) is 0.375.